The topological polar surface area (TPSA) is 12.4 Å². The van der Waals surface area contributed by atoms with Crippen LogP contribution < -0.4 is 0 Å². The van der Waals surface area contributed by atoms with Gasteiger partial charge in [-0.05, 0) is 30.4 Å². The summed E-state index contributed by atoms with van der Waals surface area (Å²) < 4.78 is 0. The quantitative estimate of drug-likeness (QED) is 0.661. The van der Waals surface area contributed by atoms with Crippen molar-refractivity contribution < 1.29 is 0 Å². The second-order valence-corrected chi connectivity index (χ2v) is 4.02. The van der Waals surface area contributed by atoms with Gasteiger partial charge in [0, 0.05) is 7.05 Å². The van der Waals surface area contributed by atoms with Gasteiger partial charge in [0.2, 0.25) is 0 Å². The summed E-state index contributed by atoms with van der Waals surface area (Å²) in [4.78, 5) is 4.32. The van der Waals surface area contributed by atoms with Gasteiger partial charge in [-0.15, -0.1) is 0 Å². The fraction of sp³-hybridized carbons (Fsp3) is 0.357. The highest BCUT2D eigenvalue weighted by Crippen LogP contribution is 2.27. The van der Waals surface area contributed by atoms with E-state index in [1.165, 1.54) is 24.8 Å². The molecule has 1 aromatic carbocycles. The predicted octanol–water partition coefficient (Wildman–Crippen LogP) is 3.46. The molecular formula is C14H17N. The Bertz CT molecular complexity index is 358. The van der Waals surface area contributed by atoms with Crippen molar-refractivity contribution in [2.45, 2.75) is 19.3 Å². The van der Waals surface area contributed by atoms with Gasteiger partial charge in [-0.1, -0.05) is 42.8 Å². The van der Waals surface area contributed by atoms with Crippen LogP contribution in [0.3, 0.4) is 0 Å². The first-order chi connectivity index (χ1) is 7.40. The number of benzene rings is 1. The zero-order valence-electron chi connectivity index (χ0n) is 9.19. The van der Waals surface area contributed by atoms with Gasteiger partial charge in [-0.2, -0.15) is 0 Å². The largest absolute Gasteiger partial charge is 0.288 e. The second kappa shape index (κ2) is 4.92. The molecule has 0 bridgehead atoms. The van der Waals surface area contributed by atoms with Gasteiger partial charge in [0.05, 0.1) is 5.71 Å². The van der Waals surface area contributed by atoms with Gasteiger partial charge in [-0.3, -0.25) is 4.99 Å². The highest BCUT2D eigenvalue weighted by Gasteiger charge is 2.13. The Labute approximate surface area is 91.6 Å². The standard InChI is InChI=1S/C14H17N/c1-15-14(11-10-12-6-5-7-12)13-8-3-2-4-9-13/h2-4,8-12H,5-7H2,1H3/b11-10+,15-14+. The Morgan fingerprint density at radius 2 is 2.00 bits per heavy atom. The average Bonchev–Trinajstić information content (AvgIpc) is 2.23. The molecule has 0 saturated heterocycles. The lowest BCUT2D eigenvalue weighted by Gasteiger charge is -2.21. The second-order valence-electron chi connectivity index (χ2n) is 4.02. The first kappa shape index (κ1) is 10.2. The Kier molecular flexibility index (Phi) is 3.33. The molecule has 0 aromatic heterocycles. The summed E-state index contributed by atoms with van der Waals surface area (Å²) in [6.07, 6.45) is 8.56. The molecule has 0 amide bonds. The minimum absolute atomic E-state index is 0.797. The first-order valence-corrected chi connectivity index (χ1v) is 5.60. The summed E-state index contributed by atoms with van der Waals surface area (Å²) in [5.74, 6) is 0.797. The monoisotopic (exact) mass is 199 g/mol. The Balaban J connectivity index is 2.08. The van der Waals surface area contributed by atoms with Crippen LogP contribution in [0.25, 0.3) is 0 Å². The number of nitrogens with zero attached hydrogens (tertiary/aromatic N) is 1. The van der Waals surface area contributed by atoms with Crippen molar-refractivity contribution in [2.75, 3.05) is 7.05 Å². The molecule has 0 heterocycles. The normalized spacial score (nSPS) is 18.1. The molecule has 1 aliphatic carbocycles. The SMILES string of the molecule is C/N=C(\C=C\C1CCC1)c1ccccc1. The molecule has 1 aliphatic rings. The number of hydrogen-bond donors (Lipinski definition) is 0. The van der Waals surface area contributed by atoms with E-state index in [1.807, 2.05) is 13.1 Å². The lowest BCUT2D eigenvalue weighted by Crippen LogP contribution is -2.08. The molecule has 0 atom stereocenters. The Hall–Kier alpha value is -1.37. The third kappa shape index (κ3) is 2.56. The third-order valence-corrected chi connectivity index (χ3v) is 2.99. The van der Waals surface area contributed by atoms with Crippen LogP contribution in [0.5, 0.6) is 0 Å². The van der Waals surface area contributed by atoms with E-state index in [9.17, 15) is 0 Å². The van der Waals surface area contributed by atoms with Crippen molar-refractivity contribution in [3.05, 3.63) is 48.0 Å². The molecule has 0 N–H and O–H groups in total. The predicted molar refractivity (Wildman–Crippen MR) is 65.4 cm³/mol. The third-order valence-electron chi connectivity index (χ3n) is 2.99. The summed E-state index contributed by atoms with van der Waals surface area (Å²) >= 11 is 0. The molecule has 1 fully saturated rings. The van der Waals surface area contributed by atoms with Crippen LogP contribution in [-0.4, -0.2) is 12.8 Å². The molecule has 1 nitrogen and oxygen atoms in total. The lowest BCUT2D eigenvalue weighted by molar-refractivity contribution is 0.388. The van der Waals surface area contributed by atoms with Gasteiger partial charge in [-0.25, -0.2) is 0 Å². The highest BCUT2D eigenvalue weighted by atomic mass is 14.7. The summed E-state index contributed by atoms with van der Waals surface area (Å²) in [6.45, 7) is 0. The number of hydrogen-bond acceptors (Lipinski definition) is 1. The number of aliphatic imine (C=N–C) groups is 1. The van der Waals surface area contributed by atoms with E-state index in [1.54, 1.807) is 0 Å². The van der Waals surface area contributed by atoms with E-state index in [0.717, 1.165) is 11.6 Å². The van der Waals surface area contributed by atoms with Gasteiger partial charge >= 0.3 is 0 Å². The fourth-order valence-electron chi connectivity index (χ4n) is 1.77. The molecule has 1 heteroatoms. The molecule has 2 rings (SSSR count). The Morgan fingerprint density at radius 1 is 1.27 bits per heavy atom. The van der Waals surface area contributed by atoms with Crippen LogP contribution >= 0.6 is 0 Å². The molecule has 0 unspecified atom stereocenters. The summed E-state index contributed by atoms with van der Waals surface area (Å²) in [6, 6.07) is 10.3. The van der Waals surface area contributed by atoms with Crippen LogP contribution in [0.2, 0.25) is 0 Å². The first-order valence-electron chi connectivity index (χ1n) is 5.60. The minimum atomic E-state index is 0.797. The number of allylic oxidation sites excluding steroid dienone is 2. The van der Waals surface area contributed by atoms with E-state index in [0.29, 0.717) is 0 Å². The van der Waals surface area contributed by atoms with E-state index in [-0.39, 0.29) is 0 Å². The molecule has 1 aromatic rings. The van der Waals surface area contributed by atoms with Gasteiger partial charge in [0.15, 0.2) is 0 Å². The van der Waals surface area contributed by atoms with Crippen molar-refractivity contribution in [3.8, 4) is 0 Å². The lowest BCUT2D eigenvalue weighted by atomic mass is 9.85. The zero-order chi connectivity index (χ0) is 10.5. The van der Waals surface area contributed by atoms with Crippen LogP contribution in [0.4, 0.5) is 0 Å². The van der Waals surface area contributed by atoms with Crippen LogP contribution in [0.1, 0.15) is 24.8 Å². The maximum atomic E-state index is 4.32. The van der Waals surface area contributed by atoms with Crippen LogP contribution in [0.15, 0.2) is 47.5 Å². The maximum absolute atomic E-state index is 4.32. The van der Waals surface area contributed by atoms with Gasteiger partial charge < -0.3 is 0 Å². The van der Waals surface area contributed by atoms with Crippen molar-refractivity contribution in [1.82, 2.24) is 0 Å². The molecule has 0 radical (unpaired) electrons. The summed E-state index contributed by atoms with van der Waals surface area (Å²) in [5, 5.41) is 0. The Morgan fingerprint density at radius 3 is 2.53 bits per heavy atom. The van der Waals surface area contributed by atoms with E-state index < -0.39 is 0 Å². The highest BCUT2D eigenvalue weighted by molar-refractivity contribution is 6.08. The van der Waals surface area contributed by atoms with Crippen LogP contribution in [0, 0.1) is 5.92 Å². The molecule has 1 saturated carbocycles. The molecule has 0 aliphatic heterocycles. The van der Waals surface area contributed by atoms with Crippen molar-refractivity contribution in [3.63, 3.8) is 0 Å². The molecular weight excluding hydrogens is 182 g/mol. The molecule has 0 spiro atoms. The minimum Gasteiger partial charge on any atom is -0.288 e. The van der Waals surface area contributed by atoms with E-state index >= 15 is 0 Å². The maximum Gasteiger partial charge on any atom is 0.0640 e. The van der Waals surface area contributed by atoms with Crippen molar-refractivity contribution in [1.29, 1.82) is 0 Å². The van der Waals surface area contributed by atoms with Gasteiger partial charge in [0.25, 0.3) is 0 Å². The summed E-state index contributed by atoms with van der Waals surface area (Å²) in [7, 11) is 1.85. The van der Waals surface area contributed by atoms with Crippen molar-refractivity contribution >= 4 is 5.71 Å². The van der Waals surface area contributed by atoms with Crippen molar-refractivity contribution in [2.24, 2.45) is 10.9 Å². The van der Waals surface area contributed by atoms with E-state index in [2.05, 4.69) is 41.4 Å². The fourth-order valence-corrected chi connectivity index (χ4v) is 1.77. The number of rotatable bonds is 3. The summed E-state index contributed by atoms with van der Waals surface area (Å²) in [5.41, 5.74) is 2.29. The zero-order valence-corrected chi connectivity index (χ0v) is 9.19. The average molecular weight is 199 g/mol. The molecule has 15 heavy (non-hydrogen) atoms. The van der Waals surface area contributed by atoms with Crippen LogP contribution in [-0.2, 0) is 0 Å². The smallest absolute Gasteiger partial charge is 0.0640 e. The molecule has 78 valence electrons. The van der Waals surface area contributed by atoms with Gasteiger partial charge in [0.1, 0.15) is 0 Å². The van der Waals surface area contributed by atoms with E-state index in [4.69, 9.17) is 0 Å².